The van der Waals surface area contributed by atoms with Gasteiger partial charge in [0.15, 0.2) is 0 Å². The Kier molecular flexibility index (Phi) is 2.81. The van der Waals surface area contributed by atoms with Crippen molar-refractivity contribution in [3.05, 3.63) is 29.8 Å². The van der Waals surface area contributed by atoms with Gasteiger partial charge in [-0.1, -0.05) is 12.1 Å². The molecule has 0 saturated carbocycles. The topological polar surface area (TPSA) is 57.5 Å². The minimum atomic E-state index is -5.60. The van der Waals surface area contributed by atoms with Crippen molar-refractivity contribution < 1.29 is 32.6 Å². The first-order valence-corrected chi connectivity index (χ1v) is 3.98. The number of halogens is 4. The van der Waals surface area contributed by atoms with Gasteiger partial charge >= 0.3 is 17.8 Å². The van der Waals surface area contributed by atoms with Crippen molar-refractivity contribution in [2.45, 2.75) is 11.8 Å². The van der Waals surface area contributed by atoms with E-state index in [2.05, 4.69) is 0 Å². The number of phenols is 1. The zero-order chi connectivity index (χ0) is 12.6. The molecular formula is C9H6F4O3. The lowest BCUT2D eigenvalue weighted by Gasteiger charge is -2.23. The molecule has 16 heavy (non-hydrogen) atoms. The van der Waals surface area contributed by atoms with Crippen LogP contribution in [0, 0.1) is 0 Å². The van der Waals surface area contributed by atoms with Gasteiger partial charge in [-0.15, -0.1) is 0 Å². The summed E-state index contributed by atoms with van der Waals surface area (Å²) in [6.45, 7) is 0. The predicted octanol–water partition coefficient (Wildman–Crippen LogP) is 2.20. The van der Waals surface area contributed by atoms with E-state index in [0.717, 1.165) is 12.1 Å². The number of phenolic OH excluding ortho intramolecular Hbond substituents is 1. The molecule has 0 aliphatic rings. The summed E-state index contributed by atoms with van der Waals surface area (Å²) in [5.41, 5.74) is -5.70. The Labute approximate surface area is 86.9 Å². The third-order valence-corrected chi connectivity index (χ3v) is 1.93. The number of carboxylic acids is 1. The minimum Gasteiger partial charge on any atom is -0.508 e. The molecule has 0 heterocycles. The third-order valence-electron chi connectivity index (χ3n) is 1.93. The van der Waals surface area contributed by atoms with Gasteiger partial charge < -0.3 is 10.2 Å². The van der Waals surface area contributed by atoms with E-state index in [1.807, 2.05) is 0 Å². The average molecular weight is 238 g/mol. The molecule has 2 N–H and O–H groups in total. The number of carbonyl (C=O) groups is 1. The highest BCUT2D eigenvalue weighted by Gasteiger charge is 2.63. The fourth-order valence-electron chi connectivity index (χ4n) is 1.13. The molecule has 0 aromatic heterocycles. The largest absolute Gasteiger partial charge is 0.508 e. The van der Waals surface area contributed by atoms with Crippen molar-refractivity contribution in [1.29, 1.82) is 0 Å². The molecule has 1 aromatic carbocycles. The molecule has 0 aliphatic heterocycles. The number of aromatic hydroxyl groups is 1. The van der Waals surface area contributed by atoms with E-state index in [4.69, 9.17) is 10.2 Å². The zero-order valence-electron chi connectivity index (χ0n) is 7.62. The molecule has 1 unspecified atom stereocenters. The first kappa shape index (κ1) is 12.3. The van der Waals surface area contributed by atoms with Crippen molar-refractivity contribution in [3.8, 4) is 5.75 Å². The summed E-state index contributed by atoms with van der Waals surface area (Å²) < 4.78 is 50.5. The fourth-order valence-corrected chi connectivity index (χ4v) is 1.13. The van der Waals surface area contributed by atoms with Gasteiger partial charge in [-0.05, 0) is 12.1 Å². The van der Waals surface area contributed by atoms with Crippen molar-refractivity contribution in [3.63, 3.8) is 0 Å². The van der Waals surface area contributed by atoms with Crippen LogP contribution in [0.25, 0.3) is 0 Å². The lowest BCUT2D eigenvalue weighted by atomic mass is 9.95. The van der Waals surface area contributed by atoms with Crippen LogP contribution in [0.5, 0.6) is 5.75 Å². The SMILES string of the molecule is O=C(O)C(F)(c1cccc(O)c1)C(F)(F)F. The number of hydrogen-bond acceptors (Lipinski definition) is 2. The van der Waals surface area contributed by atoms with Crippen LogP contribution in [0.2, 0.25) is 0 Å². The first-order valence-electron chi connectivity index (χ1n) is 3.98. The molecule has 0 radical (unpaired) electrons. The first-order chi connectivity index (χ1) is 7.19. The number of carboxylic acid groups (broad SMARTS) is 1. The summed E-state index contributed by atoms with van der Waals surface area (Å²) in [7, 11) is 0. The van der Waals surface area contributed by atoms with Gasteiger partial charge in [0.2, 0.25) is 0 Å². The molecule has 0 aliphatic carbocycles. The standard InChI is InChI=1S/C9H6F4O3/c10-8(7(15)16,9(11,12)13)5-2-1-3-6(14)4-5/h1-4,14H,(H,15,16). The Morgan fingerprint density at radius 1 is 1.19 bits per heavy atom. The summed E-state index contributed by atoms with van der Waals surface area (Å²) >= 11 is 0. The van der Waals surface area contributed by atoms with Crippen LogP contribution in [-0.2, 0) is 10.5 Å². The molecular weight excluding hydrogens is 232 g/mol. The zero-order valence-corrected chi connectivity index (χ0v) is 7.62. The van der Waals surface area contributed by atoms with Gasteiger partial charge in [-0.25, -0.2) is 9.18 Å². The highest BCUT2D eigenvalue weighted by atomic mass is 19.4. The summed E-state index contributed by atoms with van der Waals surface area (Å²) in [6, 6.07) is 2.98. The summed E-state index contributed by atoms with van der Waals surface area (Å²) in [6.07, 6.45) is -5.60. The Morgan fingerprint density at radius 2 is 1.75 bits per heavy atom. The van der Waals surface area contributed by atoms with E-state index in [9.17, 15) is 22.4 Å². The summed E-state index contributed by atoms with van der Waals surface area (Å²) in [4.78, 5) is 10.4. The molecule has 0 amide bonds. The van der Waals surface area contributed by atoms with Gasteiger partial charge in [-0.2, -0.15) is 13.2 Å². The molecule has 3 nitrogen and oxygen atoms in total. The Morgan fingerprint density at radius 3 is 2.12 bits per heavy atom. The predicted molar refractivity (Wildman–Crippen MR) is 44.6 cm³/mol. The van der Waals surface area contributed by atoms with Gasteiger partial charge in [0.25, 0.3) is 0 Å². The molecule has 1 aromatic rings. The number of aliphatic carboxylic acids is 1. The molecule has 1 rings (SSSR count). The van der Waals surface area contributed by atoms with Crippen LogP contribution in [0.4, 0.5) is 17.6 Å². The maximum absolute atomic E-state index is 13.5. The van der Waals surface area contributed by atoms with E-state index in [0.29, 0.717) is 12.1 Å². The Balaban J connectivity index is 3.39. The van der Waals surface area contributed by atoms with E-state index in [1.165, 1.54) is 0 Å². The lowest BCUT2D eigenvalue weighted by Crippen LogP contribution is -2.45. The monoisotopic (exact) mass is 238 g/mol. The third kappa shape index (κ3) is 1.80. The molecule has 0 fully saturated rings. The van der Waals surface area contributed by atoms with Gasteiger partial charge in [0.1, 0.15) is 5.75 Å². The quantitative estimate of drug-likeness (QED) is 0.776. The van der Waals surface area contributed by atoms with Crippen LogP contribution in [0.15, 0.2) is 24.3 Å². The summed E-state index contributed by atoms with van der Waals surface area (Å²) in [5.74, 6) is -3.32. The fraction of sp³-hybridized carbons (Fsp3) is 0.222. The van der Waals surface area contributed by atoms with Gasteiger partial charge in [0.05, 0.1) is 0 Å². The maximum atomic E-state index is 13.5. The maximum Gasteiger partial charge on any atom is 0.437 e. The van der Waals surface area contributed by atoms with E-state index in [1.54, 1.807) is 0 Å². The highest BCUT2D eigenvalue weighted by Crippen LogP contribution is 2.43. The molecule has 1 atom stereocenters. The van der Waals surface area contributed by atoms with E-state index in [-0.39, 0.29) is 0 Å². The number of hydrogen-bond donors (Lipinski definition) is 2. The minimum absolute atomic E-state index is 0.418. The molecule has 7 heteroatoms. The van der Waals surface area contributed by atoms with Crippen molar-refractivity contribution in [2.75, 3.05) is 0 Å². The Bertz CT molecular complexity index is 415. The molecule has 0 bridgehead atoms. The van der Waals surface area contributed by atoms with Crippen molar-refractivity contribution in [2.24, 2.45) is 0 Å². The Hall–Kier alpha value is -1.79. The van der Waals surface area contributed by atoms with E-state index < -0.39 is 29.1 Å². The second kappa shape index (κ2) is 3.66. The van der Waals surface area contributed by atoms with E-state index >= 15 is 0 Å². The highest BCUT2D eigenvalue weighted by molar-refractivity contribution is 5.80. The number of rotatable bonds is 2. The van der Waals surface area contributed by atoms with Crippen molar-refractivity contribution in [1.82, 2.24) is 0 Å². The lowest BCUT2D eigenvalue weighted by molar-refractivity contribution is -0.240. The van der Waals surface area contributed by atoms with Crippen molar-refractivity contribution >= 4 is 5.97 Å². The number of benzene rings is 1. The molecule has 0 saturated heterocycles. The van der Waals surface area contributed by atoms with Crippen LogP contribution in [0.3, 0.4) is 0 Å². The smallest absolute Gasteiger partial charge is 0.437 e. The second-order valence-electron chi connectivity index (χ2n) is 3.01. The second-order valence-corrected chi connectivity index (χ2v) is 3.01. The van der Waals surface area contributed by atoms with Crippen LogP contribution in [-0.4, -0.2) is 22.4 Å². The average Bonchev–Trinajstić information content (AvgIpc) is 2.14. The van der Waals surface area contributed by atoms with Crippen LogP contribution in [0.1, 0.15) is 5.56 Å². The molecule has 0 spiro atoms. The number of alkyl halides is 4. The summed E-state index contributed by atoms with van der Waals surface area (Å²) in [5, 5.41) is 17.2. The van der Waals surface area contributed by atoms with Gasteiger partial charge in [0, 0.05) is 5.56 Å². The van der Waals surface area contributed by atoms with Crippen LogP contribution >= 0.6 is 0 Å². The molecule has 88 valence electrons. The normalized spacial score (nSPS) is 15.5. The van der Waals surface area contributed by atoms with Crippen LogP contribution < -0.4 is 0 Å². The van der Waals surface area contributed by atoms with Gasteiger partial charge in [-0.3, -0.25) is 0 Å².